The van der Waals surface area contributed by atoms with Crippen LogP contribution in [0.5, 0.6) is 0 Å². The van der Waals surface area contributed by atoms with E-state index in [2.05, 4.69) is 5.10 Å². The lowest BCUT2D eigenvalue weighted by Crippen LogP contribution is -2.23. The highest BCUT2D eigenvalue weighted by molar-refractivity contribution is 5.91. The van der Waals surface area contributed by atoms with Crippen LogP contribution < -0.4 is 5.73 Å². The number of hydrogen-bond acceptors (Lipinski definition) is 2. The zero-order valence-electron chi connectivity index (χ0n) is 11.2. The Morgan fingerprint density at radius 2 is 2.05 bits per heavy atom. The second-order valence-electron chi connectivity index (χ2n) is 5.49. The summed E-state index contributed by atoms with van der Waals surface area (Å²) in [6, 6.07) is 1.66. The van der Waals surface area contributed by atoms with E-state index in [-0.39, 0.29) is 24.8 Å². The van der Waals surface area contributed by atoms with Crippen LogP contribution in [0.3, 0.4) is 0 Å². The molecule has 1 fully saturated rings. The second kappa shape index (κ2) is 4.90. The highest BCUT2D eigenvalue weighted by Crippen LogP contribution is 2.40. The Morgan fingerprint density at radius 1 is 1.47 bits per heavy atom. The molecule has 2 rings (SSSR count). The van der Waals surface area contributed by atoms with Crippen molar-refractivity contribution in [2.75, 3.05) is 0 Å². The lowest BCUT2D eigenvalue weighted by atomic mass is 9.85. The van der Waals surface area contributed by atoms with Crippen LogP contribution in [0.2, 0.25) is 0 Å². The van der Waals surface area contributed by atoms with E-state index in [1.54, 1.807) is 10.7 Å². The van der Waals surface area contributed by atoms with Crippen molar-refractivity contribution in [1.29, 1.82) is 0 Å². The van der Waals surface area contributed by atoms with Crippen molar-refractivity contribution in [3.05, 3.63) is 17.5 Å². The molecule has 1 aromatic heterocycles. The number of amides is 1. The summed E-state index contributed by atoms with van der Waals surface area (Å²) in [7, 11) is 0. The lowest BCUT2D eigenvalue weighted by molar-refractivity contribution is -0.0385. The summed E-state index contributed by atoms with van der Waals surface area (Å²) in [6.07, 6.45) is 0.580. The first-order chi connectivity index (χ1) is 8.80. The van der Waals surface area contributed by atoms with Crippen LogP contribution >= 0.6 is 0 Å². The fourth-order valence-corrected chi connectivity index (χ4v) is 2.53. The number of primary amides is 1. The number of hydrogen-bond donors (Lipinski definition) is 1. The smallest absolute Gasteiger partial charge is 0.266 e. The van der Waals surface area contributed by atoms with Crippen molar-refractivity contribution in [3.63, 3.8) is 0 Å². The van der Waals surface area contributed by atoms with Gasteiger partial charge in [-0.25, -0.2) is 8.78 Å². The summed E-state index contributed by atoms with van der Waals surface area (Å²) in [5, 5.41) is 4.37. The molecule has 0 spiro atoms. The van der Waals surface area contributed by atoms with Gasteiger partial charge in [0.05, 0.1) is 5.69 Å². The van der Waals surface area contributed by atoms with Crippen LogP contribution in [0.25, 0.3) is 0 Å². The number of nitrogens with two attached hydrogens (primary N) is 1. The Balaban J connectivity index is 2.22. The Morgan fingerprint density at radius 3 is 2.47 bits per heavy atom. The van der Waals surface area contributed by atoms with Crippen LogP contribution in [0.4, 0.5) is 8.78 Å². The molecule has 1 heterocycles. The van der Waals surface area contributed by atoms with Gasteiger partial charge < -0.3 is 5.73 Å². The average Bonchev–Trinajstić information content (AvgIpc) is 2.74. The molecule has 19 heavy (non-hydrogen) atoms. The van der Waals surface area contributed by atoms with Gasteiger partial charge in [0, 0.05) is 24.8 Å². The molecular weight excluding hydrogens is 252 g/mol. The van der Waals surface area contributed by atoms with Gasteiger partial charge >= 0.3 is 0 Å². The first-order valence-electron chi connectivity index (χ1n) is 6.57. The summed E-state index contributed by atoms with van der Waals surface area (Å²) >= 11 is 0. The molecule has 0 atom stereocenters. The first-order valence-corrected chi connectivity index (χ1v) is 6.57. The van der Waals surface area contributed by atoms with Crippen LogP contribution in [0, 0.1) is 0 Å². The van der Waals surface area contributed by atoms with Crippen LogP contribution in [-0.4, -0.2) is 21.6 Å². The van der Waals surface area contributed by atoms with E-state index in [1.807, 2.05) is 13.8 Å². The van der Waals surface area contributed by atoms with Gasteiger partial charge in [0.25, 0.3) is 5.91 Å². The number of alkyl halides is 2. The minimum atomic E-state index is -2.55. The number of aromatic nitrogens is 2. The summed E-state index contributed by atoms with van der Waals surface area (Å²) in [5.41, 5.74) is 6.37. The molecule has 106 valence electrons. The third-order valence-electron chi connectivity index (χ3n) is 3.63. The summed E-state index contributed by atoms with van der Waals surface area (Å²) in [4.78, 5) is 11.4. The van der Waals surface area contributed by atoms with Gasteiger partial charge in [-0.1, -0.05) is 0 Å². The minimum absolute atomic E-state index is 0.00211. The van der Waals surface area contributed by atoms with Gasteiger partial charge in [-0.05, 0) is 32.8 Å². The maximum atomic E-state index is 13.1. The van der Waals surface area contributed by atoms with E-state index < -0.39 is 11.8 Å². The van der Waals surface area contributed by atoms with Crippen molar-refractivity contribution in [1.82, 2.24) is 9.78 Å². The molecule has 0 unspecified atom stereocenters. The monoisotopic (exact) mass is 271 g/mol. The fourth-order valence-electron chi connectivity index (χ4n) is 2.53. The van der Waals surface area contributed by atoms with Gasteiger partial charge in [0.1, 0.15) is 5.69 Å². The molecule has 0 bridgehead atoms. The number of nitrogens with zero attached hydrogens (tertiary/aromatic N) is 2. The average molecular weight is 271 g/mol. The highest BCUT2D eigenvalue weighted by Gasteiger charge is 2.36. The van der Waals surface area contributed by atoms with Gasteiger partial charge in [0.15, 0.2) is 0 Å². The van der Waals surface area contributed by atoms with Crippen LogP contribution in [-0.2, 0) is 0 Å². The molecule has 2 N–H and O–H groups in total. The van der Waals surface area contributed by atoms with Crippen molar-refractivity contribution >= 4 is 5.91 Å². The lowest BCUT2D eigenvalue weighted by Gasteiger charge is -2.27. The van der Waals surface area contributed by atoms with Crippen molar-refractivity contribution in [2.24, 2.45) is 5.73 Å². The largest absolute Gasteiger partial charge is 0.364 e. The molecule has 0 aliphatic heterocycles. The van der Waals surface area contributed by atoms with Gasteiger partial charge in [0.2, 0.25) is 5.92 Å². The van der Waals surface area contributed by atoms with E-state index in [0.29, 0.717) is 24.2 Å². The number of carbonyl (C=O) groups is 1. The minimum Gasteiger partial charge on any atom is -0.364 e. The quantitative estimate of drug-likeness (QED) is 0.918. The van der Waals surface area contributed by atoms with Crippen LogP contribution in [0.15, 0.2) is 6.07 Å². The van der Waals surface area contributed by atoms with E-state index >= 15 is 0 Å². The zero-order valence-corrected chi connectivity index (χ0v) is 11.2. The van der Waals surface area contributed by atoms with Crippen molar-refractivity contribution in [3.8, 4) is 0 Å². The molecule has 0 radical (unpaired) electrons. The molecule has 0 saturated heterocycles. The predicted molar refractivity (Wildman–Crippen MR) is 67.3 cm³/mol. The van der Waals surface area contributed by atoms with E-state index in [9.17, 15) is 13.6 Å². The maximum Gasteiger partial charge on any atom is 0.266 e. The molecule has 0 aromatic carbocycles. The molecule has 1 amide bonds. The highest BCUT2D eigenvalue weighted by atomic mass is 19.3. The second-order valence-corrected chi connectivity index (χ2v) is 5.49. The SMILES string of the molecule is CC(C)n1nc(C2CCC(F)(F)CC2)cc1C(N)=O. The predicted octanol–water partition coefficient (Wildman–Crippen LogP) is 2.86. The Kier molecular flexibility index (Phi) is 3.60. The van der Waals surface area contributed by atoms with Gasteiger partial charge in [-0.3, -0.25) is 9.48 Å². The number of carbonyl (C=O) groups excluding carboxylic acids is 1. The van der Waals surface area contributed by atoms with Crippen LogP contribution in [0.1, 0.15) is 67.7 Å². The summed E-state index contributed by atoms with van der Waals surface area (Å²) < 4.78 is 27.8. The fraction of sp³-hybridized carbons (Fsp3) is 0.692. The topological polar surface area (TPSA) is 60.9 Å². The third-order valence-corrected chi connectivity index (χ3v) is 3.63. The Bertz CT molecular complexity index is 472. The van der Waals surface area contributed by atoms with E-state index in [1.165, 1.54) is 0 Å². The van der Waals surface area contributed by atoms with E-state index in [4.69, 9.17) is 5.73 Å². The molecule has 1 aromatic rings. The maximum absolute atomic E-state index is 13.1. The molecule has 4 nitrogen and oxygen atoms in total. The van der Waals surface area contributed by atoms with Gasteiger partial charge in [-0.2, -0.15) is 5.10 Å². The first kappa shape index (κ1) is 14.0. The number of rotatable bonds is 3. The van der Waals surface area contributed by atoms with E-state index in [0.717, 1.165) is 0 Å². The molecular formula is C13H19F2N3O. The molecule has 6 heteroatoms. The summed E-state index contributed by atoms with van der Waals surface area (Å²) in [6.45, 7) is 3.80. The number of halogens is 2. The van der Waals surface area contributed by atoms with Crippen molar-refractivity contribution < 1.29 is 13.6 Å². The van der Waals surface area contributed by atoms with Gasteiger partial charge in [-0.15, -0.1) is 0 Å². The molecule has 1 aliphatic rings. The zero-order chi connectivity index (χ0) is 14.2. The molecule has 1 saturated carbocycles. The van der Waals surface area contributed by atoms with Crippen molar-refractivity contribution in [2.45, 2.75) is 57.4 Å². The standard InChI is InChI=1S/C13H19F2N3O/c1-8(2)18-11(12(16)19)7-10(17-18)9-3-5-13(14,15)6-4-9/h7-9H,3-6H2,1-2H3,(H2,16,19). The third kappa shape index (κ3) is 2.93. The molecule has 1 aliphatic carbocycles. The normalized spacial score (nSPS) is 19.8. The Hall–Kier alpha value is -1.46. The summed E-state index contributed by atoms with van der Waals surface area (Å²) in [5.74, 6) is -3.09. The Labute approximate surface area is 111 Å².